The summed E-state index contributed by atoms with van der Waals surface area (Å²) >= 11 is 1.37. The molecule has 1 N–H and O–H groups in total. The van der Waals surface area contributed by atoms with Gasteiger partial charge < -0.3 is 4.74 Å². The number of sulfonamides is 1. The molecule has 5 nitrogen and oxygen atoms in total. The Morgan fingerprint density at radius 2 is 2.14 bits per heavy atom. The molecule has 0 aromatic carbocycles. The number of ether oxygens (including phenoxy) is 1. The Balaban J connectivity index is 2.71. The SMILES string of the molecule is CCOC(=O)C[C@@H](C(F)(F)F)S(=O)(=O)NCCc1cccs1. The van der Waals surface area contributed by atoms with Crippen molar-refractivity contribution in [3.8, 4) is 0 Å². The van der Waals surface area contributed by atoms with E-state index in [9.17, 15) is 26.4 Å². The van der Waals surface area contributed by atoms with Crippen molar-refractivity contribution in [3.05, 3.63) is 22.4 Å². The Kier molecular flexibility index (Phi) is 6.82. The summed E-state index contributed by atoms with van der Waals surface area (Å²) in [5.74, 6) is -1.20. The normalized spacial score (nSPS) is 13.8. The molecule has 1 aromatic heterocycles. The Labute approximate surface area is 130 Å². The van der Waals surface area contributed by atoms with E-state index in [0.717, 1.165) is 4.88 Å². The Morgan fingerprint density at radius 3 is 2.64 bits per heavy atom. The van der Waals surface area contributed by atoms with Crippen molar-refractivity contribution < 1.29 is 31.1 Å². The van der Waals surface area contributed by atoms with Crippen molar-refractivity contribution in [1.29, 1.82) is 0 Å². The fourth-order valence-corrected chi connectivity index (χ4v) is 3.65. The van der Waals surface area contributed by atoms with Crippen LogP contribution in [0.5, 0.6) is 0 Å². The molecule has 0 saturated heterocycles. The van der Waals surface area contributed by atoms with E-state index in [0.29, 0.717) is 0 Å². The molecule has 126 valence electrons. The monoisotopic (exact) mass is 359 g/mol. The second-order valence-corrected chi connectivity index (χ2v) is 7.29. The number of nitrogens with one attached hydrogen (secondary N) is 1. The van der Waals surface area contributed by atoms with E-state index in [1.54, 1.807) is 17.5 Å². The van der Waals surface area contributed by atoms with E-state index in [2.05, 4.69) is 4.74 Å². The van der Waals surface area contributed by atoms with Gasteiger partial charge in [0.2, 0.25) is 10.0 Å². The zero-order chi connectivity index (χ0) is 16.8. The van der Waals surface area contributed by atoms with Crippen LogP contribution >= 0.6 is 11.3 Å². The molecule has 0 radical (unpaired) electrons. The lowest BCUT2D eigenvalue weighted by atomic mass is 10.3. The third-order valence-electron chi connectivity index (χ3n) is 2.65. The number of halogens is 3. The molecule has 1 rings (SSSR count). The summed E-state index contributed by atoms with van der Waals surface area (Å²) < 4.78 is 68.6. The Bertz CT molecular complexity index is 570. The summed E-state index contributed by atoms with van der Waals surface area (Å²) in [6, 6.07) is 3.51. The summed E-state index contributed by atoms with van der Waals surface area (Å²) in [7, 11) is -4.72. The summed E-state index contributed by atoms with van der Waals surface area (Å²) in [6.45, 7) is 1.14. The molecule has 0 aliphatic carbocycles. The molecule has 0 aliphatic heterocycles. The van der Waals surface area contributed by atoms with Crippen molar-refractivity contribution >= 4 is 27.3 Å². The number of esters is 1. The Morgan fingerprint density at radius 1 is 1.45 bits per heavy atom. The molecule has 0 unspecified atom stereocenters. The molecule has 0 spiro atoms. The number of thiophene rings is 1. The first-order chi connectivity index (χ1) is 10.2. The average Bonchev–Trinajstić information content (AvgIpc) is 2.87. The highest BCUT2D eigenvalue weighted by Crippen LogP contribution is 2.28. The molecule has 1 heterocycles. The van der Waals surface area contributed by atoms with Gasteiger partial charge in [0.1, 0.15) is 0 Å². The van der Waals surface area contributed by atoms with E-state index >= 15 is 0 Å². The number of hydrogen-bond acceptors (Lipinski definition) is 5. The maximum absolute atomic E-state index is 12.9. The van der Waals surface area contributed by atoms with Gasteiger partial charge in [-0.25, -0.2) is 13.1 Å². The standard InChI is InChI=1S/C12H16F3NO4S2/c1-2-20-11(17)8-10(12(13,14)15)22(18,19)16-6-5-9-4-3-7-21-9/h3-4,7,10,16H,2,5-6,8H2,1H3/t10-/m0/s1. The van der Waals surface area contributed by atoms with Crippen LogP contribution in [-0.4, -0.2) is 39.0 Å². The van der Waals surface area contributed by atoms with Crippen molar-refractivity contribution in [2.24, 2.45) is 0 Å². The molecule has 1 aromatic rings. The smallest absolute Gasteiger partial charge is 0.407 e. The molecule has 0 amide bonds. The number of rotatable bonds is 8. The van der Waals surface area contributed by atoms with Gasteiger partial charge in [-0.2, -0.15) is 13.2 Å². The zero-order valence-corrected chi connectivity index (χ0v) is 13.4. The highest BCUT2D eigenvalue weighted by Gasteiger charge is 2.49. The van der Waals surface area contributed by atoms with Crippen LogP contribution < -0.4 is 4.72 Å². The fourth-order valence-electron chi connectivity index (χ4n) is 1.64. The second kappa shape index (κ2) is 7.93. The minimum absolute atomic E-state index is 0.116. The molecule has 0 fully saturated rings. The van der Waals surface area contributed by atoms with Gasteiger partial charge in [0.25, 0.3) is 0 Å². The molecule has 1 atom stereocenters. The van der Waals surface area contributed by atoms with Crippen LogP contribution in [0, 0.1) is 0 Å². The van der Waals surface area contributed by atoms with Crippen molar-refractivity contribution in [2.75, 3.05) is 13.2 Å². The minimum Gasteiger partial charge on any atom is -0.466 e. The van der Waals surface area contributed by atoms with Crippen LogP contribution in [0.15, 0.2) is 17.5 Å². The van der Waals surface area contributed by atoms with E-state index < -0.39 is 33.8 Å². The number of alkyl halides is 3. The topological polar surface area (TPSA) is 72.5 Å². The quantitative estimate of drug-likeness (QED) is 0.722. The molecule has 0 saturated carbocycles. The van der Waals surface area contributed by atoms with Gasteiger partial charge in [0, 0.05) is 11.4 Å². The molecular weight excluding hydrogens is 343 g/mol. The predicted molar refractivity (Wildman–Crippen MR) is 76.0 cm³/mol. The second-order valence-electron chi connectivity index (χ2n) is 4.31. The first-order valence-electron chi connectivity index (χ1n) is 6.40. The van der Waals surface area contributed by atoms with Gasteiger partial charge in [0.05, 0.1) is 13.0 Å². The molecular formula is C12H16F3NO4S2. The van der Waals surface area contributed by atoms with Gasteiger partial charge >= 0.3 is 12.1 Å². The maximum atomic E-state index is 12.9. The van der Waals surface area contributed by atoms with Crippen LogP contribution in [0.3, 0.4) is 0 Å². The third kappa shape index (κ3) is 5.93. The summed E-state index contributed by atoms with van der Waals surface area (Å²) in [4.78, 5) is 12.0. The van der Waals surface area contributed by atoms with E-state index in [4.69, 9.17) is 0 Å². The third-order valence-corrected chi connectivity index (χ3v) is 5.38. The number of carbonyl (C=O) groups is 1. The average molecular weight is 359 g/mol. The van der Waals surface area contributed by atoms with Crippen LogP contribution in [-0.2, 0) is 26.0 Å². The van der Waals surface area contributed by atoms with Crippen molar-refractivity contribution in [2.45, 2.75) is 31.2 Å². The number of hydrogen-bond donors (Lipinski definition) is 1. The molecule has 10 heteroatoms. The predicted octanol–water partition coefficient (Wildman–Crippen LogP) is 2.09. The molecule has 22 heavy (non-hydrogen) atoms. The first-order valence-corrected chi connectivity index (χ1v) is 8.82. The van der Waals surface area contributed by atoms with Crippen molar-refractivity contribution in [1.82, 2.24) is 4.72 Å². The lowest BCUT2D eigenvalue weighted by Crippen LogP contribution is -2.45. The minimum atomic E-state index is -5.05. The van der Waals surface area contributed by atoms with Gasteiger partial charge in [-0.05, 0) is 24.8 Å². The van der Waals surface area contributed by atoms with Crippen molar-refractivity contribution in [3.63, 3.8) is 0 Å². The zero-order valence-electron chi connectivity index (χ0n) is 11.7. The highest BCUT2D eigenvalue weighted by atomic mass is 32.2. The van der Waals surface area contributed by atoms with Gasteiger partial charge in [-0.15, -0.1) is 11.3 Å². The highest BCUT2D eigenvalue weighted by molar-refractivity contribution is 7.90. The summed E-state index contributed by atoms with van der Waals surface area (Å²) in [5, 5.41) is -1.04. The van der Waals surface area contributed by atoms with E-state index in [1.807, 2.05) is 4.72 Å². The van der Waals surface area contributed by atoms with Gasteiger partial charge in [-0.1, -0.05) is 6.07 Å². The Hall–Kier alpha value is -1.13. The maximum Gasteiger partial charge on any atom is 0.407 e. The largest absolute Gasteiger partial charge is 0.466 e. The van der Waals surface area contributed by atoms with E-state index in [-0.39, 0.29) is 19.6 Å². The lowest BCUT2D eigenvalue weighted by Gasteiger charge is -2.20. The number of carbonyl (C=O) groups excluding carboxylic acids is 1. The summed E-state index contributed by atoms with van der Waals surface area (Å²) in [6.07, 6.45) is -6.03. The first kappa shape index (κ1) is 18.9. The van der Waals surface area contributed by atoms with Gasteiger partial charge in [0.15, 0.2) is 5.25 Å². The molecule has 0 aliphatic rings. The lowest BCUT2D eigenvalue weighted by molar-refractivity contribution is -0.155. The van der Waals surface area contributed by atoms with Crippen LogP contribution in [0.2, 0.25) is 0 Å². The fraction of sp³-hybridized carbons (Fsp3) is 0.583. The summed E-state index contributed by atoms with van der Waals surface area (Å²) in [5.41, 5.74) is 0. The van der Waals surface area contributed by atoms with E-state index in [1.165, 1.54) is 18.3 Å². The van der Waals surface area contributed by atoms with Crippen LogP contribution in [0.25, 0.3) is 0 Å². The van der Waals surface area contributed by atoms with Gasteiger partial charge in [-0.3, -0.25) is 4.79 Å². The van der Waals surface area contributed by atoms with Crippen LogP contribution in [0.1, 0.15) is 18.2 Å². The van der Waals surface area contributed by atoms with Crippen LogP contribution in [0.4, 0.5) is 13.2 Å². The molecule has 0 bridgehead atoms.